The van der Waals surface area contributed by atoms with E-state index in [0.717, 1.165) is 22.4 Å². The first-order valence-electron chi connectivity index (χ1n) is 8.01. The van der Waals surface area contributed by atoms with Crippen LogP contribution in [0.1, 0.15) is 11.1 Å². The monoisotopic (exact) mass is 358 g/mol. The Kier molecular flexibility index (Phi) is 4.89. The van der Waals surface area contributed by atoms with Crippen LogP contribution in [0.15, 0.2) is 66.7 Å². The molecule has 0 saturated carbocycles. The number of alkyl halides is 3. The average Bonchev–Trinajstić information content (AvgIpc) is 2.57. The molecule has 0 radical (unpaired) electrons. The van der Waals surface area contributed by atoms with Crippen molar-refractivity contribution >= 4 is 0 Å². The number of halogens is 3. The summed E-state index contributed by atoms with van der Waals surface area (Å²) in [5.74, 6) is 1.24. The summed E-state index contributed by atoms with van der Waals surface area (Å²) in [5, 5.41) is 0. The van der Waals surface area contributed by atoms with Gasteiger partial charge in [0.25, 0.3) is 0 Å². The molecule has 0 atom stereocenters. The smallest absolute Gasteiger partial charge is 0.457 e. The van der Waals surface area contributed by atoms with Gasteiger partial charge in [-0.2, -0.15) is 0 Å². The maximum atomic E-state index is 12.2. The summed E-state index contributed by atoms with van der Waals surface area (Å²) in [6, 6.07) is 19.1. The van der Waals surface area contributed by atoms with Crippen LogP contribution in [-0.4, -0.2) is 6.36 Å². The number of hydrogen-bond acceptors (Lipinski definition) is 2. The van der Waals surface area contributed by atoms with Crippen LogP contribution in [-0.2, 0) is 0 Å². The predicted octanol–water partition coefficient (Wildman–Crippen LogP) is 6.66. The first-order chi connectivity index (χ1) is 12.3. The number of aryl methyl sites for hydroxylation is 2. The normalized spacial score (nSPS) is 11.3. The molecule has 0 heterocycles. The second-order valence-electron chi connectivity index (χ2n) is 5.97. The summed E-state index contributed by atoms with van der Waals surface area (Å²) in [6.45, 7) is 4.01. The van der Waals surface area contributed by atoms with E-state index in [2.05, 4.69) is 4.74 Å². The van der Waals surface area contributed by atoms with Gasteiger partial charge in [-0.05, 0) is 60.9 Å². The van der Waals surface area contributed by atoms with Crippen molar-refractivity contribution in [3.05, 3.63) is 77.9 Å². The van der Waals surface area contributed by atoms with Gasteiger partial charge in [0.05, 0.1) is 0 Å². The van der Waals surface area contributed by atoms with E-state index in [1.807, 2.05) is 56.3 Å². The van der Waals surface area contributed by atoms with E-state index in [0.29, 0.717) is 5.75 Å². The van der Waals surface area contributed by atoms with E-state index in [1.165, 1.54) is 17.7 Å². The molecule has 3 rings (SSSR count). The Morgan fingerprint density at radius 3 is 1.73 bits per heavy atom. The summed E-state index contributed by atoms with van der Waals surface area (Å²) in [5.41, 5.74) is 3.88. The summed E-state index contributed by atoms with van der Waals surface area (Å²) >= 11 is 0. The predicted molar refractivity (Wildman–Crippen MR) is 94.6 cm³/mol. The highest BCUT2D eigenvalue weighted by atomic mass is 19.4. The Hall–Kier alpha value is -2.95. The van der Waals surface area contributed by atoms with E-state index in [-0.39, 0.29) is 5.75 Å². The Labute approximate surface area is 149 Å². The molecule has 0 bridgehead atoms. The molecular formula is C21H17F3O2. The molecule has 0 N–H and O–H groups in total. The Balaban J connectivity index is 1.73. The van der Waals surface area contributed by atoms with Gasteiger partial charge in [0.1, 0.15) is 17.2 Å². The molecular weight excluding hydrogens is 341 g/mol. The Morgan fingerprint density at radius 2 is 1.23 bits per heavy atom. The molecule has 0 aliphatic heterocycles. The molecule has 0 saturated heterocycles. The third-order valence-corrected chi connectivity index (χ3v) is 3.83. The Morgan fingerprint density at radius 1 is 0.692 bits per heavy atom. The van der Waals surface area contributed by atoms with Crippen molar-refractivity contribution in [3.8, 4) is 28.4 Å². The minimum Gasteiger partial charge on any atom is -0.457 e. The highest BCUT2D eigenvalue weighted by Gasteiger charge is 2.30. The van der Waals surface area contributed by atoms with E-state index >= 15 is 0 Å². The first-order valence-corrected chi connectivity index (χ1v) is 8.01. The van der Waals surface area contributed by atoms with Gasteiger partial charge in [-0.3, -0.25) is 0 Å². The fourth-order valence-electron chi connectivity index (χ4n) is 2.61. The SMILES string of the molecule is Cc1ccc(Oc2ccc(-c3ccc(OC(F)(F)F)cc3)cc2)c(C)c1. The zero-order valence-electron chi connectivity index (χ0n) is 14.3. The average molecular weight is 358 g/mol. The molecule has 3 aromatic carbocycles. The highest BCUT2D eigenvalue weighted by molar-refractivity contribution is 5.65. The number of hydrogen-bond donors (Lipinski definition) is 0. The lowest BCUT2D eigenvalue weighted by Crippen LogP contribution is -2.16. The van der Waals surface area contributed by atoms with E-state index in [1.54, 1.807) is 12.1 Å². The fourth-order valence-corrected chi connectivity index (χ4v) is 2.61. The van der Waals surface area contributed by atoms with Crippen LogP contribution >= 0.6 is 0 Å². The molecule has 2 nitrogen and oxygen atoms in total. The van der Waals surface area contributed by atoms with Crippen LogP contribution in [0.2, 0.25) is 0 Å². The molecule has 0 amide bonds. The lowest BCUT2D eigenvalue weighted by Gasteiger charge is -2.11. The van der Waals surface area contributed by atoms with E-state index in [4.69, 9.17) is 4.74 Å². The van der Waals surface area contributed by atoms with Gasteiger partial charge in [-0.15, -0.1) is 13.2 Å². The zero-order chi connectivity index (χ0) is 18.7. The standard InChI is InChI=1S/C21H17F3O2/c1-14-3-12-20(15(2)13-14)25-18-8-4-16(5-9-18)17-6-10-19(11-7-17)26-21(22,23)24/h3-13H,1-2H3. The molecule has 5 heteroatoms. The van der Waals surface area contributed by atoms with Crippen molar-refractivity contribution in [2.24, 2.45) is 0 Å². The van der Waals surface area contributed by atoms with Crippen molar-refractivity contribution in [2.45, 2.75) is 20.2 Å². The van der Waals surface area contributed by atoms with E-state index < -0.39 is 6.36 Å². The largest absolute Gasteiger partial charge is 0.573 e. The van der Waals surface area contributed by atoms with Gasteiger partial charge in [-0.1, -0.05) is 42.0 Å². The topological polar surface area (TPSA) is 18.5 Å². The quantitative estimate of drug-likeness (QED) is 0.519. The minimum absolute atomic E-state index is 0.240. The molecule has 0 fully saturated rings. The Bertz CT molecular complexity index is 883. The van der Waals surface area contributed by atoms with Gasteiger partial charge in [0, 0.05) is 0 Å². The third kappa shape index (κ3) is 4.57. The molecule has 0 spiro atoms. The van der Waals surface area contributed by atoms with Crippen LogP contribution < -0.4 is 9.47 Å². The van der Waals surface area contributed by atoms with Crippen LogP contribution in [0, 0.1) is 13.8 Å². The molecule has 26 heavy (non-hydrogen) atoms. The van der Waals surface area contributed by atoms with Gasteiger partial charge in [0.15, 0.2) is 0 Å². The fraction of sp³-hybridized carbons (Fsp3) is 0.143. The molecule has 3 aromatic rings. The van der Waals surface area contributed by atoms with Crippen molar-refractivity contribution in [3.63, 3.8) is 0 Å². The van der Waals surface area contributed by atoms with Crippen molar-refractivity contribution < 1.29 is 22.6 Å². The molecule has 0 aliphatic rings. The lowest BCUT2D eigenvalue weighted by molar-refractivity contribution is -0.274. The second-order valence-corrected chi connectivity index (χ2v) is 5.97. The second kappa shape index (κ2) is 7.12. The van der Waals surface area contributed by atoms with Crippen LogP contribution in [0.25, 0.3) is 11.1 Å². The van der Waals surface area contributed by atoms with Gasteiger partial charge < -0.3 is 9.47 Å². The first kappa shape index (κ1) is 17.9. The maximum Gasteiger partial charge on any atom is 0.573 e. The molecule has 0 aliphatic carbocycles. The number of rotatable bonds is 4. The molecule has 0 aromatic heterocycles. The van der Waals surface area contributed by atoms with Crippen molar-refractivity contribution in [1.82, 2.24) is 0 Å². The van der Waals surface area contributed by atoms with Crippen LogP contribution in [0.3, 0.4) is 0 Å². The third-order valence-electron chi connectivity index (χ3n) is 3.83. The molecule has 0 unspecified atom stereocenters. The minimum atomic E-state index is -4.69. The summed E-state index contributed by atoms with van der Waals surface area (Å²) in [7, 11) is 0. The van der Waals surface area contributed by atoms with E-state index in [9.17, 15) is 13.2 Å². The van der Waals surface area contributed by atoms with Crippen LogP contribution in [0.4, 0.5) is 13.2 Å². The van der Waals surface area contributed by atoms with Crippen LogP contribution in [0.5, 0.6) is 17.2 Å². The highest BCUT2D eigenvalue weighted by Crippen LogP contribution is 2.30. The number of benzene rings is 3. The summed E-state index contributed by atoms with van der Waals surface area (Å²) < 4.78 is 46.4. The van der Waals surface area contributed by atoms with Gasteiger partial charge in [0.2, 0.25) is 0 Å². The summed E-state index contributed by atoms with van der Waals surface area (Å²) in [6.07, 6.45) is -4.69. The summed E-state index contributed by atoms with van der Waals surface area (Å²) in [4.78, 5) is 0. The van der Waals surface area contributed by atoms with Gasteiger partial charge >= 0.3 is 6.36 Å². The lowest BCUT2D eigenvalue weighted by atomic mass is 10.1. The van der Waals surface area contributed by atoms with Gasteiger partial charge in [-0.25, -0.2) is 0 Å². The van der Waals surface area contributed by atoms with Crippen molar-refractivity contribution in [1.29, 1.82) is 0 Å². The maximum absolute atomic E-state index is 12.2. The number of ether oxygens (including phenoxy) is 2. The van der Waals surface area contributed by atoms with Crippen molar-refractivity contribution in [2.75, 3.05) is 0 Å². The zero-order valence-corrected chi connectivity index (χ0v) is 14.3. The molecule has 134 valence electrons.